The van der Waals surface area contributed by atoms with Crippen LogP contribution in [-0.4, -0.2) is 78.9 Å². The first-order valence-electron chi connectivity index (χ1n) is 13.3. The molecule has 0 fully saturated rings. The van der Waals surface area contributed by atoms with Gasteiger partial charge in [-0.05, 0) is 41.7 Å². The predicted octanol–water partition coefficient (Wildman–Crippen LogP) is 2.84. The fourth-order valence-electron chi connectivity index (χ4n) is 4.98. The molecular weight excluding hydrogens is 482 g/mol. The topological polar surface area (TPSA) is 94.2 Å². The summed E-state index contributed by atoms with van der Waals surface area (Å²) in [4.78, 5) is 40.6. The molecule has 0 atom stereocenters. The van der Waals surface area contributed by atoms with E-state index >= 15 is 0 Å². The highest BCUT2D eigenvalue weighted by atomic mass is 16.5. The highest BCUT2D eigenvalue weighted by molar-refractivity contribution is 6.00. The molecule has 0 saturated heterocycles. The van der Waals surface area contributed by atoms with E-state index in [1.807, 2.05) is 37.1 Å². The van der Waals surface area contributed by atoms with Gasteiger partial charge in [0.05, 0.1) is 19.3 Å². The van der Waals surface area contributed by atoms with Gasteiger partial charge in [0.2, 0.25) is 5.91 Å². The molecule has 204 valence electrons. The van der Waals surface area contributed by atoms with Gasteiger partial charge in [-0.3, -0.25) is 19.4 Å². The van der Waals surface area contributed by atoms with Crippen LogP contribution in [-0.2, 0) is 29.1 Å². The molecule has 0 saturated carbocycles. The SMILES string of the molecule is COc1cc2c(cc1NCC(=O)N(CCNC(C)C)CC(=O)N(C)N1Cc3ccccc3C1)C(=O)CCC2. The number of hydrogen-bond donors (Lipinski definition) is 2. The maximum atomic E-state index is 13.3. The number of likely N-dealkylation sites (N-methyl/N-ethyl adjacent to an activating group) is 1. The summed E-state index contributed by atoms with van der Waals surface area (Å²) in [6.45, 7) is 6.35. The van der Waals surface area contributed by atoms with Gasteiger partial charge in [-0.15, -0.1) is 0 Å². The van der Waals surface area contributed by atoms with Crippen LogP contribution < -0.4 is 15.4 Å². The molecule has 2 amide bonds. The van der Waals surface area contributed by atoms with Gasteiger partial charge in [0, 0.05) is 51.3 Å². The van der Waals surface area contributed by atoms with Crippen molar-refractivity contribution in [1.29, 1.82) is 0 Å². The third-order valence-corrected chi connectivity index (χ3v) is 7.23. The van der Waals surface area contributed by atoms with Gasteiger partial charge in [0.1, 0.15) is 12.3 Å². The van der Waals surface area contributed by atoms with Gasteiger partial charge >= 0.3 is 0 Å². The van der Waals surface area contributed by atoms with Gasteiger partial charge in [0.15, 0.2) is 5.78 Å². The third-order valence-electron chi connectivity index (χ3n) is 7.23. The van der Waals surface area contributed by atoms with E-state index in [-0.39, 0.29) is 36.7 Å². The summed E-state index contributed by atoms with van der Waals surface area (Å²) in [5, 5.41) is 10.1. The summed E-state index contributed by atoms with van der Waals surface area (Å²) in [5.74, 6) is 0.367. The van der Waals surface area contributed by atoms with Crippen molar-refractivity contribution in [2.24, 2.45) is 0 Å². The normalized spacial score (nSPS) is 14.7. The minimum atomic E-state index is -0.201. The first kappa shape index (κ1) is 27.6. The molecule has 9 heteroatoms. The van der Waals surface area contributed by atoms with Gasteiger partial charge < -0.3 is 20.3 Å². The number of anilines is 1. The van der Waals surface area contributed by atoms with Crippen molar-refractivity contribution in [3.05, 3.63) is 58.7 Å². The Hall–Kier alpha value is -3.43. The second-order valence-electron chi connectivity index (χ2n) is 10.3. The average Bonchev–Trinajstić information content (AvgIpc) is 3.34. The smallest absolute Gasteiger partial charge is 0.256 e. The van der Waals surface area contributed by atoms with Gasteiger partial charge in [0.25, 0.3) is 5.91 Å². The van der Waals surface area contributed by atoms with Crippen LogP contribution >= 0.6 is 0 Å². The zero-order valence-corrected chi connectivity index (χ0v) is 22.9. The Bertz CT molecular complexity index is 1160. The molecule has 4 rings (SSSR count). The highest BCUT2D eigenvalue weighted by Crippen LogP contribution is 2.32. The number of nitrogens with one attached hydrogen (secondary N) is 2. The number of Topliss-reactive ketones (excluding diaryl/α,β-unsaturated/α-hetero) is 1. The average molecular weight is 522 g/mol. The van der Waals surface area contributed by atoms with E-state index in [1.54, 1.807) is 30.1 Å². The number of carbonyl (C=O) groups is 3. The fraction of sp³-hybridized carbons (Fsp3) is 0.483. The molecule has 0 unspecified atom stereocenters. The number of aryl methyl sites for hydroxylation is 1. The van der Waals surface area contributed by atoms with Gasteiger partial charge in [-0.25, -0.2) is 5.01 Å². The number of fused-ring (bicyclic) bond motifs is 2. The standard InChI is InChI=1S/C29H39N5O4/c1-20(2)30-12-13-33(19-29(37)32(3)34-17-22-8-5-6-9-23(22)18-34)28(36)16-31-25-15-24-21(14-27(25)38-4)10-7-11-26(24)35/h5-6,8-9,14-15,20,30-31H,7,10-13,16-19H2,1-4H3. The van der Waals surface area contributed by atoms with Crippen LogP contribution in [0.25, 0.3) is 0 Å². The highest BCUT2D eigenvalue weighted by Gasteiger charge is 2.27. The lowest BCUT2D eigenvalue weighted by Crippen LogP contribution is -2.49. The van der Waals surface area contributed by atoms with E-state index in [0.29, 0.717) is 49.6 Å². The van der Waals surface area contributed by atoms with E-state index in [2.05, 4.69) is 22.8 Å². The quantitative estimate of drug-likeness (QED) is 0.470. The molecule has 9 nitrogen and oxygen atoms in total. The molecule has 1 heterocycles. The van der Waals surface area contributed by atoms with E-state index in [9.17, 15) is 14.4 Å². The Kier molecular flexibility index (Phi) is 9.01. The first-order chi connectivity index (χ1) is 18.3. The zero-order valence-electron chi connectivity index (χ0n) is 22.9. The number of carbonyl (C=O) groups excluding carboxylic acids is 3. The van der Waals surface area contributed by atoms with E-state index in [0.717, 1.165) is 18.4 Å². The Morgan fingerprint density at radius 3 is 2.42 bits per heavy atom. The predicted molar refractivity (Wildman–Crippen MR) is 147 cm³/mol. The molecule has 2 aliphatic rings. The molecule has 0 aromatic heterocycles. The van der Waals surface area contributed by atoms with Crippen molar-refractivity contribution in [2.75, 3.05) is 45.7 Å². The molecule has 2 aromatic carbocycles. The molecule has 0 spiro atoms. The second-order valence-corrected chi connectivity index (χ2v) is 10.3. The molecule has 0 radical (unpaired) electrons. The molecular formula is C29H39N5O4. The number of nitrogens with zero attached hydrogens (tertiary/aromatic N) is 3. The van der Waals surface area contributed by atoms with Crippen molar-refractivity contribution in [2.45, 2.75) is 52.2 Å². The molecule has 1 aliphatic carbocycles. The lowest BCUT2D eigenvalue weighted by molar-refractivity contribution is -0.151. The summed E-state index contributed by atoms with van der Waals surface area (Å²) >= 11 is 0. The number of methoxy groups -OCH3 is 1. The maximum absolute atomic E-state index is 13.3. The van der Waals surface area contributed by atoms with E-state index in [1.165, 1.54) is 11.1 Å². The Balaban J connectivity index is 1.42. The minimum Gasteiger partial charge on any atom is -0.495 e. The lowest BCUT2D eigenvalue weighted by atomic mass is 9.90. The third kappa shape index (κ3) is 6.52. The largest absolute Gasteiger partial charge is 0.495 e. The number of hydrogen-bond acceptors (Lipinski definition) is 7. The molecule has 2 aromatic rings. The van der Waals surface area contributed by atoms with E-state index < -0.39 is 0 Å². The van der Waals surface area contributed by atoms with E-state index in [4.69, 9.17) is 4.74 Å². The lowest BCUT2D eigenvalue weighted by Gasteiger charge is -2.31. The Morgan fingerprint density at radius 1 is 1.05 bits per heavy atom. The molecule has 1 aliphatic heterocycles. The van der Waals surface area contributed by atoms with Crippen molar-refractivity contribution in [1.82, 2.24) is 20.2 Å². The molecule has 38 heavy (non-hydrogen) atoms. The molecule has 2 N–H and O–H groups in total. The van der Waals surface area contributed by atoms with Crippen molar-refractivity contribution in [3.8, 4) is 5.75 Å². The zero-order chi connectivity index (χ0) is 27.2. The van der Waals surface area contributed by atoms with Crippen LogP contribution in [0, 0.1) is 0 Å². The summed E-state index contributed by atoms with van der Waals surface area (Å²) in [7, 11) is 3.34. The fourth-order valence-corrected chi connectivity index (χ4v) is 4.98. The van der Waals surface area contributed by atoms with Crippen LogP contribution in [0.4, 0.5) is 5.69 Å². The number of benzene rings is 2. The van der Waals surface area contributed by atoms with Gasteiger partial charge in [-0.2, -0.15) is 0 Å². The van der Waals surface area contributed by atoms with Crippen LogP contribution in [0.5, 0.6) is 5.75 Å². The maximum Gasteiger partial charge on any atom is 0.256 e. The number of amides is 2. The summed E-state index contributed by atoms with van der Waals surface area (Å²) in [6.07, 6.45) is 2.21. The van der Waals surface area contributed by atoms with Crippen LogP contribution in [0.1, 0.15) is 53.7 Å². The number of ketones is 1. The van der Waals surface area contributed by atoms with Crippen LogP contribution in [0.2, 0.25) is 0 Å². The van der Waals surface area contributed by atoms with Crippen LogP contribution in [0.3, 0.4) is 0 Å². The number of hydrazine groups is 1. The van der Waals surface area contributed by atoms with Gasteiger partial charge in [-0.1, -0.05) is 38.1 Å². The minimum absolute atomic E-state index is 0.0167. The summed E-state index contributed by atoms with van der Waals surface area (Å²) in [5.41, 5.74) is 4.70. The summed E-state index contributed by atoms with van der Waals surface area (Å²) in [6, 6.07) is 12.1. The van der Waals surface area contributed by atoms with Crippen molar-refractivity contribution >= 4 is 23.3 Å². The first-order valence-corrected chi connectivity index (χ1v) is 13.3. The number of ether oxygens (including phenoxy) is 1. The van der Waals surface area contributed by atoms with Crippen molar-refractivity contribution in [3.63, 3.8) is 0 Å². The van der Waals surface area contributed by atoms with Crippen molar-refractivity contribution < 1.29 is 19.1 Å². The second kappa shape index (κ2) is 12.4. The number of rotatable bonds is 11. The van der Waals surface area contributed by atoms with Crippen LogP contribution in [0.15, 0.2) is 36.4 Å². The molecule has 0 bridgehead atoms. The monoisotopic (exact) mass is 521 g/mol. The Labute approximate surface area is 225 Å². The summed E-state index contributed by atoms with van der Waals surface area (Å²) < 4.78 is 5.54. The Morgan fingerprint density at radius 2 is 1.76 bits per heavy atom.